The van der Waals surface area contributed by atoms with Crippen LogP contribution in [0.25, 0.3) is 11.1 Å². The average molecular weight is 356 g/mol. The highest BCUT2D eigenvalue weighted by molar-refractivity contribution is 5.91. The number of hydrogen-bond acceptors (Lipinski definition) is 5. The van der Waals surface area contributed by atoms with Crippen LogP contribution in [0.1, 0.15) is 13.3 Å². The van der Waals surface area contributed by atoms with Crippen LogP contribution in [0, 0.1) is 0 Å². The molecule has 0 fully saturated rings. The molecule has 0 bridgehead atoms. The zero-order chi connectivity index (χ0) is 18.5. The number of anilines is 1. The maximum Gasteiger partial charge on any atom is 0.419 e. The first kappa shape index (κ1) is 17.6. The summed E-state index contributed by atoms with van der Waals surface area (Å²) in [6.07, 6.45) is 0.138. The van der Waals surface area contributed by atoms with Gasteiger partial charge in [-0.3, -0.25) is 9.36 Å². The number of fused-ring (bicyclic) bond motifs is 1. The summed E-state index contributed by atoms with van der Waals surface area (Å²) < 4.78 is 17.3. The molecule has 0 spiro atoms. The topological polar surface area (TPSA) is 82.7 Å². The number of aryl methyl sites for hydroxylation is 1. The number of ether oxygens (including phenoxy) is 2. The summed E-state index contributed by atoms with van der Waals surface area (Å²) in [5, 5.41) is 2.80. The van der Waals surface area contributed by atoms with Crippen molar-refractivity contribution in [3.63, 3.8) is 0 Å². The minimum absolute atomic E-state index is 0.138. The van der Waals surface area contributed by atoms with E-state index in [4.69, 9.17) is 13.9 Å². The number of rotatable bonds is 7. The van der Waals surface area contributed by atoms with Gasteiger partial charge in [0, 0.05) is 24.7 Å². The Morgan fingerprint density at radius 1 is 1.19 bits per heavy atom. The lowest BCUT2D eigenvalue weighted by molar-refractivity contribution is -0.116. The number of benzene rings is 2. The van der Waals surface area contributed by atoms with Gasteiger partial charge in [-0.2, -0.15) is 0 Å². The lowest BCUT2D eigenvalue weighted by Crippen LogP contribution is -2.19. The molecule has 136 valence electrons. The van der Waals surface area contributed by atoms with Crippen molar-refractivity contribution in [2.75, 3.05) is 19.0 Å². The van der Waals surface area contributed by atoms with Crippen LogP contribution in [0.4, 0.5) is 5.69 Å². The molecule has 0 aliphatic heterocycles. The number of hydrogen-bond donors (Lipinski definition) is 1. The van der Waals surface area contributed by atoms with Gasteiger partial charge < -0.3 is 19.2 Å². The van der Waals surface area contributed by atoms with Crippen LogP contribution in [0.5, 0.6) is 11.5 Å². The molecule has 3 rings (SSSR count). The summed E-state index contributed by atoms with van der Waals surface area (Å²) in [5.41, 5.74) is 1.78. The Morgan fingerprint density at radius 2 is 2.00 bits per heavy atom. The lowest BCUT2D eigenvalue weighted by Gasteiger charge is -2.11. The molecule has 0 unspecified atom stereocenters. The standard InChI is InChI=1S/C19H20N2O5/c1-3-25-16-9-8-13(12-17(16)24-2)20-18(22)10-11-21-14-6-4-5-7-15(14)26-19(21)23/h4-9,12H,3,10-11H2,1-2H3,(H,20,22). The molecule has 3 aromatic rings. The van der Waals surface area contributed by atoms with Gasteiger partial charge in [-0.15, -0.1) is 0 Å². The van der Waals surface area contributed by atoms with Crippen LogP contribution in [-0.2, 0) is 11.3 Å². The lowest BCUT2D eigenvalue weighted by atomic mass is 10.2. The van der Waals surface area contributed by atoms with Crippen molar-refractivity contribution in [2.24, 2.45) is 0 Å². The summed E-state index contributed by atoms with van der Waals surface area (Å²) in [4.78, 5) is 24.2. The van der Waals surface area contributed by atoms with E-state index < -0.39 is 5.76 Å². The van der Waals surface area contributed by atoms with E-state index in [0.29, 0.717) is 34.9 Å². The number of carbonyl (C=O) groups is 1. The number of amides is 1. The molecule has 7 heteroatoms. The van der Waals surface area contributed by atoms with E-state index in [1.165, 1.54) is 4.57 Å². The van der Waals surface area contributed by atoms with Crippen molar-refractivity contribution in [1.29, 1.82) is 0 Å². The van der Waals surface area contributed by atoms with Gasteiger partial charge in [0.25, 0.3) is 0 Å². The first-order valence-corrected chi connectivity index (χ1v) is 8.31. The minimum Gasteiger partial charge on any atom is -0.493 e. The molecule has 1 N–H and O–H groups in total. The molecule has 1 amide bonds. The molecule has 2 aromatic carbocycles. The fourth-order valence-electron chi connectivity index (χ4n) is 2.68. The normalized spacial score (nSPS) is 10.7. The van der Waals surface area contributed by atoms with Crippen molar-refractivity contribution < 1.29 is 18.7 Å². The third-order valence-corrected chi connectivity index (χ3v) is 3.88. The molecule has 7 nitrogen and oxygen atoms in total. The molecule has 1 heterocycles. The molecule has 0 aliphatic carbocycles. The van der Waals surface area contributed by atoms with Gasteiger partial charge >= 0.3 is 5.76 Å². The number of aromatic nitrogens is 1. The zero-order valence-corrected chi connectivity index (χ0v) is 14.7. The molecule has 0 saturated carbocycles. The zero-order valence-electron chi connectivity index (χ0n) is 14.7. The predicted octanol–water partition coefficient (Wildman–Crippen LogP) is 3.03. The first-order valence-electron chi connectivity index (χ1n) is 8.31. The summed E-state index contributed by atoms with van der Waals surface area (Å²) >= 11 is 0. The van der Waals surface area contributed by atoms with Crippen LogP contribution >= 0.6 is 0 Å². The maximum absolute atomic E-state index is 12.2. The molecular formula is C19H20N2O5. The molecule has 0 aliphatic rings. The summed E-state index contributed by atoms with van der Waals surface area (Å²) in [6, 6.07) is 12.3. The highest BCUT2D eigenvalue weighted by Crippen LogP contribution is 2.30. The largest absolute Gasteiger partial charge is 0.493 e. The quantitative estimate of drug-likeness (QED) is 0.704. The third kappa shape index (κ3) is 3.72. The molecule has 0 saturated heterocycles. The number of carbonyl (C=O) groups excluding carboxylic acids is 1. The fourth-order valence-corrected chi connectivity index (χ4v) is 2.68. The molecule has 26 heavy (non-hydrogen) atoms. The number of oxazole rings is 1. The molecule has 0 radical (unpaired) electrons. The van der Waals surface area contributed by atoms with E-state index in [1.807, 2.05) is 13.0 Å². The van der Waals surface area contributed by atoms with Gasteiger partial charge in [0.1, 0.15) is 0 Å². The highest BCUT2D eigenvalue weighted by atomic mass is 16.5. The van der Waals surface area contributed by atoms with Gasteiger partial charge in [0.05, 0.1) is 19.2 Å². The second kappa shape index (κ2) is 7.77. The van der Waals surface area contributed by atoms with Crippen molar-refractivity contribution in [2.45, 2.75) is 19.9 Å². The highest BCUT2D eigenvalue weighted by Gasteiger charge is 2.11. The van der Waals surface area contributed by atoms with E-state index in [9.17, 15) is 9.59 Å². The Labute approximate surface area is 150 Å². The molecule has 0 atom stereocenters. The Kier molecular flexibility index (Phi) is 5.26. The van der Waals surface area contributed by atoms with Crippen molar-refractivity contribution in [3.05, 3.63) is 53.0 Å². The first-order chi connectivity index (χ1) is 12.6. The van der Waals surface area contributed by atoms with Crippen molar-refractivity contribution in [1.82, 2.24) is 4.57 Å². The number of methoxy groups -OCH3 is 1. The Morgan fingerprint density at radius 3 is 2.77 bits per heavy atom. The summed E-state index contributed by atoms with van der Waals surface area (Å²) in [7, 11) is 1.54. The van der Waals surface area contributed by atoms with Crippen molar-refractivity contribution >= 4 is 22.7 Å². The number of para-hydroxylation sites is 2. The van der Waals surface area contributed by atoms with E-state index in [-0.39, 0.29) is 18.9 Å². The predicted molar refractivity (Wildman–Crippen MR) is 97.9 cm³/mol. The molecule has 1 aromatic heterocycles. The van der Waals surface area contributed by atoms with E-state index in [2.05, 4.69) is 5.32 Å². The number of nitrogens with one attached hydrogen (secondary N) is 1. The van der Waals surface area contributed by atoms with Gasteiger partial charge in [0.15, 0.2) is 17.1 Å². The van der Waals surface area contributed by atoms with Crippen LogP contribution in [0.2, 0.25) is 0 Å². The summed E-state index contributed by atoms with van der Waals surface area (Å²) in [6.45, 7) is 2.64. The second-order valence-electron chi connectivity index (χ2n) is 5.58. The Bertz CT molecular complexity index is 973. The minimum atomic E-state index is -0.471. The summed E-state index contributed by atoms with van der Waals surface area (Å²) in [5.74, 6) is 0.473. The number of nitrogens with zero attached hydrogens (tertiary/aromatic N) is 1. The average Bonchev–Trinajstić information content (AvgIpc) is 2.96. The van der Waals surface area contributed by atoms with Gasteiger partial charge in [-0.1, -0.05) is 12.1 Å². The SMILES string of the molecule is CCOc1ccc(NC(=O)CCn2c(=O)oc3ccccc32)cc1OC. The van der Waals surface area contributed by atoms with Crippen LogP contribution in [0.15, 0.2) is 51.7 Å². The van der Waals surface area contributed by atoms with Crippen LogP contribution in [-0.4, -0.2) is 24.2 Å². The third-order valence-electron chi connectivity index (χ3n) is 3.88. The van der Waals surface area contributed by atoms with Crippen molar-refractivity contribution in [3.8, 4) is 11.5 Å². The van der Waals surface area contributed by atoms with Gasteiger partial charge in [0.2, 0.25) is 5.91 Å². The Balaban J connectivity index is 1.67. The monoisotopic (exact) mass is 356 g/mol. The van der Waals surface area contributed by atoms with Crippen LogP contribution < -0.4 is 20.5 Å². The Hall–Kier alpha value is -3.22. The maximum atomic E-state index is 12.2. The fraction of sp³-hybridized carbons (Fsp3) is 0.263. The van der Waals surface area contributed by atoms with E-state index >= 15 is 0 Å². The molecular weight excluding hydrogens is 336 g/mol. The van der Waals surface area contributed by atoms with Gasteiger partial charge in [-0.05, 0) is 31.2 Å². The van der Waals surface area contributed by atoms with Crippen LogP contribution in [0.3, 0.4) is 0 Å². The smallest absolute Gasteiger partial charge is 0.419 e. The van der Waals surface area contributed by atoms with E-state index in [1.54, 1.807) is 43.5 Å². The second-order valence-corrected chi connectivity index (χ2v) is 5.58. The van der Waals surface area contributed by atoms with Gasteiger partial charge in [-0.25, -0.2) is 4.79 Å². The van der Waals surface area contributed by atoms with E-state index in [0.717, 1.165) is 0 Å².